The summed E-state index contributed by atoms with van der Waals surface area (Å²) < 4.78 is 6.25. The molecule has 1 aliphatic carbocycles. The summed E-state index contributed by atoms with van der Waals surface area (Å²) >= 11 is 2.01. The molecular weight excluding hydrogens is 224 g/mol. The van der Waals surface area contributed by atoms with Crippen LogP contribution >= 0.6 is 11.8 Å². The van der Waals surface area contributed by atoms with Gasteiger partial charge in [-0.25, -0.2) is 0 Å². The summed E-state index contributed by atoms with van der Waals surface area (Å²) in [4.78, 5) is 0. The highest BCUT2D eigenvalue weighted by atomic mass is 32.2. The van der Waals surface area contributed by atoms with Gasteiger partial charge in [-0.3, -0.25) is 0 Å². The number of thioether (sulfide) groups is 1. The van der Waals surface area contributed by atoms with Gasteiger partial charge in [-0.2, -0.15) is 11.8 Å². The van der Waals surface area contributed by atoms with E-state index in [0.29, 0.717) is 5.69 Å². The zero-order valence-corrected chi connectivity index (χ0v) is 10.5. The number of nitrogens with zero attached hydrogens (tertiary/aromatic N) is 2. The summed E-state index contributed by atoms with van der Waals surface area (Å²) in [5.74, 6) is 0.699. The average molecular weight is 242 g/mol. The van der Waals surface area contributed by atoms with Crippen LogP contribution in [0.1, 0.15) is 37.8 Å². The standard InChI is InChI=1S/C11H18N2O2S/c1-9-11(14)15-12-13(9)7-8-16-10-5-3-2-4-6-10/h10H,2-8H2,1H3. The first-order valence-corrected chi connectivity index (χ1v) is 6.97. The van der Waals surface area contributed by atoms with E-state index in [1.165, 1.54) is 32.1 Å². The third kappa shape index (κ3) is 2.90. The van der Waals surface area contributed by atoms with Crippen LogP contribution in [0.15, 0.2) is 4.52 Å². The molecule has 1 aromatic heterocycles. The lowest BCUT2D eigenvalue weighted by Gasteiger charge is -2.19. The van der Waals surface area contributed by atoms with Gasteiger partial charge in [-0.05, 0) is 12.8 Å². The summed E-state index contributed by atoms with van der Waals surface area (Å²) in [5, 5.41) is 15.6. The minimum Gasteiger partial charge on any atom is -0.539 e. The van der Waals surface area contributed by atoms with Gasteiger partial charge in [0.1, 0.15) is 0 Å². The maximum Gasteiger partial charge on any atom is 0.230 e. The Hall–Kier alpha value is -0.710. The molecule has 1 heterocycles. The van der Waals surface area contributed by atoms with Gasteiger partial charge < -0.3 is 9.63 Å². The quantitative estimate of drug-likeness (QED) is 0.749. The lowest BCUT2D eigenvalue weighted by atomic mass is 10.0. The van der Waals surface area contributed by atoms with Gasteiger partial charge in [0.25, 0.3) is 0 Å². The van der Waals surface area contributed by atoms with Gasteiger partial charge in [-0.1, -0.05) is 23.9 Å². The molecule has 90 valence electrons. The molecule has 4 nitrogen and oxygen atoms in total. The first-order valence-electron chi connectivity index (χ1n) is 5.92. The van der Waals surface area contributed by atoms with Crippen molar-refractivity contribution in [3.05, 3.63) is 5.69 Å². The Balaban J connectivity index is 1.73. The molecule has 0 radical (unpaired) electrons. The molecule has 0 N–H and O–H groups in total. The van der Waals surface area contributed by atoms with Crippen LogP contribution in [0.25, 0.3) is 0 Å². The predicted molar refractivity (Wildman–Crippen MR) is 60.2 cm³/mol. The molecule has 1 saturated carbocycles. The molecule has 1 aromatic rings. The Bertz CT molecular complexity index is 335. The molecule has 0 saturated heterocycles. The van der Waals surface area contributed by atoms with E-state index in [9.17, 15) is 5.11 Å². The Morgan fingerprint density at radius 1 is 1.44 bits per heavy atom. The Morgan fingerprint density at radius 2 is 2.19 bits per heavy atom. The summed E-state index contributed by atoms with van der Waals surface area (Å²) in [6, 6.07) is 0. The third-order valence-electron chi connectivity index (χ3n) is 3.11. The normalized spacial score (nSPS) is 17.8. The maximum atomic E-state index is 11.0. The van der Waals surface area contributed by atoms with E-state index in [1.807, 2.05) is 11.8 Å². The van der Waals surface area contributed by atoms with Crippen molar-refractivity contribution < 1.29 is 14.3 Å². The zero-order chi connectivity index (χ0) is 11.4. The van der Waals surface area contributed by atoms with Gasteiger partial charge in [0.15, 0.2) is 12.5 Å². The Morgan fingerprint density at radius 3 is 2.81 bits per heavy atom. The second kappa shape index (κ2) is 5.57. The van der Waals surface area contributed by atoms with E-state index in [4.69, 9.17) is 0 Å². The van der Waals surface area contributed by atoms with Crippen LogP contribution in [-0.4, -0.2) is 16.3 Å². The molecule has 0 amide bonds. The van der Waals surface area contributed by atoms with Gasteiger partial charge in [0.05, 0.1) is 11.0 Å². The first kappa shape index (κ1) is 11.8. The topological polar surface area (TPSA) is 53.0 Å². The van der Waals surface area contributed by atoms with Crippen LogP contribution in [-0.2, 0) is 6.54 Å². The number of rotatable bonds is 4. The molecule has 5 heteroatoms. The van der Waals surface area contributed by atoms with Crippen molar-refractivity contribution in [1.82, 2.24) is 5.27 Å². The molecule has 1 fully saturated rings. The highest BCUT2D eigenvalue weighted by Gasteiger charge is 2.16. The lowest BCUT2D eigenvalue weighted by Crippen LogP contribution is -2.39. The van der Waals surface area contributed by atoms with Crippen molar-refractivity contribution in [3.63, 3.8) is 0 Å². The monoisotopic (exact) mass is 242 g/mol. The van der Waals surface area contributed by atoms with E-state index in [0.717, 1.165) is 17.5 Å². The van der Waals surface area contributed by atoms with Crippen LogP contribution in [0.2, 0.25) is 0 Å². The van der Waals surface area contributed by atoms with Crippen LogP contribution in [0.4, 0.5) is 0 Å². The fourth-order valence-corrected chi connectivity index (χ4v) is 3.34. The summed E-state index contributed by atoms with van der Waals surface area (Å²) in [5.41, 5.74) is 0.601. The van der Waals surface area contributed by atoms with Gasteiger partial charge in [-0.15, -0.1) is 0 Å². The Kier molecular flexibility index (Phi) is 4.09. The Labute approximate surface area is 100.0 Å². The first-order chi connectivity index (χ1) is 7.77. The highest BCUT2D eigenvalue weighted by Crippen LogP contribution is 2.27. The molecule has 0 bridgehead atoms. The largest absolute Gasteiger partial charge is 0.539 e. The summed E-state index contributed by atoms with van der Waals surface area (Å²) in [6.45, 7) is 2.53. The minimum absolute atomic E-state index is 0.317. The smallest absolute Gasteiger partial charge is 0.230 e. The summed E-state index contributed by atoms with van der Waals surface area (Å²) in [7, 11) is 0. The van der Waals surface area contributed by atoms with Crippen molar-refractivity contribution in [3.8, 4) is 5.95 Å². The van der Waals surface area contributed by atoms with Crippen LogP contribution < -0.4 is 9.79 Å². The highest BCUT2D eigenvalue weighted by molar-refractivity contribution is 7.99. The maximum absolute atomic E-state index is 11.0. The average Bonchev–Trinajstić information content (AvgIpc) is 2.62. The molecular formula is C11H18N2O2S. The van der Waals surface area contributed by atoms with Crippen molar-refractivity contribution in [2.24, 2.45) is 0 Å². The fourth-order valence-electron chi connectivity index (χ4n) is 2.07. The van der Waals surface area contributed by atoms with Gasteiger partial charge in [0, 0.05) is 12.2 Å². The van der Waals surface area contributed by atoms with E-state index < -0.39 is 0 Å². The molecule has 1 aliphatic rings. The lowest BCUT2D eigenvalue weighted by molar-refractivity contribution is -0.763. The van der Waals surface area contributed by atoms with E-state index in [-0.39, 0.29) is 5.95 Å². The molecule has 0 spiro atoms. The van der Waals surface area contributed by atoms with Crippen LogP contribution in [0, 0.1) is 6.92 Å². The molecule has 0 aromatic carbocycles. The second-order valence-electron chi connectivity index (χ2n) is 4.30. The minimum atomic E-state index is -0.317. The van der Waals surface area contributed by atoms with Gasteiger partial charge >= 0.3 is 0 Å². The van der Waals surface area contributed by atoms with E-state index in [2.05, 4.69) is 9.79 Å². The molecule has 0 unspecified atom stereocenters. The van der Waals surface area contributed by atoms with Crippen molar-refractivity contribution in [2.75, 3.05) is 5.75 Å². The van der Waals surface area contributed by atoms with Gasteiger partial charge in [0.2, 0.25) is 5.69 Å². The molecule has 16 heavy (non-hydrogen) atoms. The molecule has 2 rings (SSSR count). The molecule has 0 aliphatic heterocycles. The van der Waals surface area contributed by atoms with Crippen molar-refractivity contribution >= 4 is 11.8 Å². The number of hydrogen-bond acceptors (Lipinski definition) is 4. The SMILES string of the molecule is Cc1c([O-])on[n+]1CCSC1CCCCC1. The number of aryl methyl sites for hydroxylation is 1. The number of hydrogen-bond donors (Lipinski definition) is 0. The van der Waals surface area contributed by atoms with E-state index in [1.54, 1.807) is 11.6 Å². The van der Waals surface area contributed by atoms with Crippen molar-refractivity contribution in [1.29, 1.82) is 0 Å². The van der Waals surface area contributed by atoms with Crippen LogP contribution in [0.3, 0.4) is 0 Å². The molecule has 0 atom stereocenters. The van der Waals surface area contributed by atoms with Crippen LogP contribution in [0.5, 0.6) is 5.95 Å². The predicted octanol–water partition coefficient (Wildman–Crippen LogP) is 1.41. The fraction of sp³-hybridized carbons (Fsp3) is 0.818. The second-order valence-corrected chi connectivity index (χ2v) is 5.71. The number of aromatic nitrogens is 2. The third-order valence-corrected chi connectivity index (χ3v) is 4.47. The van der Waals surface area contributed by atoms with Crippen molar-refractivity contribution in [2.45, 2.75) is 50.8 Å². The zero-order valence-electron chi connectivity index (χ0n) is 9.65. The summed E-state index contributed by atoms with van der Waals surface area (Å²) in [6.07, 6.45) is 6.84. The van der Waals surface area contributed by atoms with E-state index >= 15 is 0 Å².